The van der Waals surface area contributed by atoms with Crippen molar-refractivity contribution in [2.75, 3.05) is 13.2 Å². The molecule has 2 heteroatoms. The number of hydrogen-bond acceptors (Lipinski definition) is 2. The first-order valence-corrected chi connectivity index (χ1v) is 6.69. The van der Waals surface area contributed by atoms with Crippen molar-refractivity contribution in [1.82, 2.24) is 0 Å². The Labute approximate surface area is 115 Å². The number of hydrogen-bond donors (Lipinski definition) is 0. The molecular weight excluding hydrogens is 236 g/mol. The van der Waals surface area contributed by atoms with Gasteiger partial charge >= 0.3 is 0 Å². The van der Waals surface area contributed by atoms with Gasteiger partial charge in [0.25, 0.3) is 0 Å². The molecule has 0 unspecified atom stereocenters. The fraction of sp³-hybridized carbons (Fsp3) is 0.412. The summed E-state index contributed by atoms with van der Waals surface area (Å²) in [5.41, 5.74) is 8.75. The SMILES string of the molecule is C=C(/C=C1/COOCC1=C)C1=C(C)C(C)=C(C)CC1. The summed E-state index contributed by atoms with van der Waals surface area (Å²) in [7, 11) is 0. The van der Waals surface area contributed by atoms with E-state index in [0.29, 0.717) is 13.2 Å². The van der Waals surface area contributed by atoms with Gasteiger partial charge in [-0.1, -0.05) is 18.7 Å². The smallest absolute Gasteiger partial charge is 0.108 e. The van der Waals surface area contributed by atoms with E-state index < -0.39 is 0 Å². The van der Waals surface area contributed by atoms with Crippen LogP contribution in [0.15, 0.2) is 58.2 Å². The zero-order chi connectivity index (χ0) is 14.0. The molecule has 0 saturated carbocycles. The highest BCUT2D eigenvalue weighted by Crippen LogP contribution is 2.34. The molecule has 2 rings (SSSR count). The van der Waals surface area contributed by atoms with Crippen LogP contribution in [0.5, 0.6) is 0 Å². The molecule has 19 heavy (non-hydrogen) atoms. The molecule has 0 spiro atoms. The number of rotatable bonds is 2. The van der Waals surface area contributed by atoms with Gasteiger partial charge in [0.1, 0.15) is 13.2 Å². The summed E-state index contributed by atoms with van der Waals surface area (Å²) in [5.74, 6) is 0. The van der Waals surface area contributed by atoms with Gasteiger partial charge in [0.2, 0.25) is 0 Å². The summed E-state index contributed by atoms with van der Waals surface area (Å²) in [6, 6.07) is 0. The monoisotopic (exact) mass is 258 g/mol. The fourth-order valence-corrected chi connectivity index (χ4v) is 2.49. The van der Waals surface area contributed by atoms with E-state index >= 15 is 0 Å². The normalized spacial score (nSPS) is 23.3. The van der Waals surface area contributed by atoms with Crippen LogP contribution in [-0.4, -0.2) is 13.2 Å². The summed E-state index contributed by atoms with van der Waals surface area (Å²) in [6.07, 6.45) is 4.29. The van der Waals surface area contributed by atoms with E-state index in [2.05, 4.69) is 40.0 Å². The topological polar surface area (TPSA) is 18.5 Å². The quantitative estimate of drug-likeness (QED) is 0.682. The van der Waals surface area contributed by atoms with Crippen molar-refractivity contribution in [1.29, 1.82) is 0 Å². The lowest BCUT2D eigenvalue weighted by atomic mass is 9.84. The predicted molar refractivity (Wildman–Crippen MR) is 78.6 cm³/mol. The second kappa shape index (κ2) is 5.72. The van der Waals surface area contributed by atoms with Crippen molar-refractivity contribution in [2.24, 2.45) is 0 Å². The summed E-state index contributed by atoms with van der Waals surface area (Å²) in [4.78, 5) is 9.91. The Bertz CT molecular complexity index is 515. The van der Waals surface area contributed by atoms with Crippen LogP contribution in [0.4, 0.5) is 0 Å². The predicted octanol–water partition coefficient (Wildman–Crippen LogP) is 4.43. The first-order chi connectivity index (χ1) is 9.00. The van der Waals surface area contributed by atoms with E-state index in [1.807, 2.05) is 0 Å². The minimum absolute atomic E-state index is 0.440. The molecule has 0 N–H and O–H groups in total. The van der Waals surface area contributed by atoms with E-state index in [0.717, 1.165) is 29.6 Å². The molecule has 2 nitrogen and oxygen atoms in total. The van der Waals surface area contributed by atoms with Crippen molar-refractivity contribution in [3.05, 3.63) is 58.2 Å². The van der Waals surface area contributed by atoms with Gasteiger partial charge < -0.3 is 0 Å². The highest BCUT2D eigenvalue weighted by Gasteiger charge is 2.16. The Morgan fingerprint density at radius 2 is 1.74 bits per heavy atom. The molecule has 1 saturated heterocycles. The molecule has 0 atom stereocenters. The second-order valence-electron chi connectivity index (χ2n) is 5.33. The molecule has 0 radical (unpaired) electrons. The summed E-state index contributed by atoms with van der Waals surface area (Å²) in [6.45, 7) is 15.7. The van der Waals surface area contributed by atoms with E-state index in [1.165, 1.54) is 22.3 Å². The van der Waals surface area contributed by atoms with Crippen molar-refractivity contribution < 1.29 is 9.78 Å². The fourth-order valence-electron chi connectivity index (χ4n) is 2.49. The van der Waals surface area contributed by atoms with Crippen LogP contribution in [0.1, 0.15) is 33.6 Å². The van der Waals surface area contributed by atoms with Crippen molar-refractivity contribution >= 4 is 0 Å². The van der Waals surface area contributed by atoms with Crippen LogP contribution in [0, 0.1) is 0 Å². The molecule has 1 fully saturated rings. The molecule has 0 aromatic rings. The molecule has 1 heterocycles. The van der Waals surface area contributed by atoms with Gasteiger partial charge in [-0.3, -0.25) is 0 Å². The molecular formula is C17H22O2. The average molecular weight is 258 g/mol. The van der Waals surface area contributed by atoms with Crippen LogP contribution in [0.3, 0.4) is 0 Å². The molecule has 0 aromatic heterocycles. The van der Waals surface area contributed by atoms with Crippen molar-refractivity contribution in [3.8, 4) is 0 Å². The maximum atomic E-state index is 5.01. The van der Waals surface area contributed by atoms with E-state index in [4.69, 9.17) is 9.78 Å². The van der Waals surface area contributed by atoms with Crippen LogP contribution >= 0.6 is 0 Å². The highest BCUT2D eigenvalue weighted by atomic mass is 17.2. The lowest BCUT2D eigenvalue weighted by Crippen LogP contribution is -2.13. The van der Waals surface area contributed by atoms with Crippen LogP contribution < -0.4 is 0 Å². The summed E-state index contributed by atoms with van der Waals surface area (Å²) >= 11 is 0. The molecule has 0 aromatic carbocycles. The maximum absolute atomic E-state index is 5.01. The average Bonchev–Trinajstić information content (AvgIpc) is 2.39. The third kappa shape index (κ3) is 2.96. The highest BCUT2D eigenvalue weighted by molar-refractivity contribution is 5.52. The van der Waals surface area contributed by atoms with Gasteiger partial charge in [0, 0.05) is 0 Å². The standard InChI is InChI=1S/C17H22O2/c1-11-6-7-17(15(5)14(11)4)12(2)8-16-10-19-18-9-13(16)3/h8H,2-3,6-7,9-10H2,1,4-5H3/b16-8-. The Morgan fingerprint density at radius 3 is 2.42 bits per heavy atom. The molecule has 1 aliphatic heterocycles. The van der Waals surface area contributed by atoms with Crippen LogP contribution in [-0.2, 0) is 9.78 Å². The Kier molecular flexibility index (Phi) is 4.23. The lowest BCUT2D eigenvalue weighted by Gasteiger charge is -2.23. The maximum Gasteiger partial charge on any atom is 0.108 e. The Hall–Kier alpha value is -1.38. The largest absolute Gasteiger partial charge is 0.232 e. The van der Waals surface area contributed by atoms with E-state index in [9.17, 15) is 0 Å². The van der Waals surface area contributed by atoms with E-state index in [-0.39, 0.29) is 0 Å². The van der Waals surface area contributed by atoms with Gasteiger partial charge in [0.05, 0.1) is 0 Å². The zero-order valence-electron chi connectivity index (χ0n) is 12.1. The first-order valence-electron chi connectivity index (χ1n) is 6.69. The first kappa shape index (κ1) is 14.0. The van der Waals surface area contributed by atoms with Gasteiger partial charge in [-0.2, -0.15) is 0 Å². The van der Waals surface area contributed by atoms with Gasteiger partial charge in [-0.25, -0.2) is 9.78 Å². The van der Waals surface area contributed by atoms with E-state index in [1.54, 1.807) is 0 Å². The van der Waals surface area contributed by atoms with Gasteiger partial charge in [0.15, 0.2) is 0 Å². The summed E-state index contributed by atoms with van der Waals surface area (Å²) < 4.78 is 0. The molecule has 0 bridgehead atoms. The zero-order valence-corrected chi connectivity index (χ0v) is 12.1. The molecule has 1 aliphatic carbocycles. The van der Waals surface area contributed by atoms with Crippen molar-refractivity contribution in [3.63, 3.8) is 0 Å². The van der Waals surface area contributed by atoms with Crippen LogP contribution in [0.25, 0.3) is 0 Å². The third-order valence-corrected chi connectivity index (χ3v) is 4.13. The number of allylic oxidation sites excluding steroid dienone is 6. The van der Waals surface area contributed by atoms with Crippen molar-refractivity contribution in [2.45, 2.75) is 33.6 Å². The van der Waals surface area contributed by atoms with Gasteiger partial charge in [-0.15, -0.1) is 0 Å². The lowest BCUT2D eigenvalue weighted by molar-refractivity contribution is -0.289. The van der Waals surface area contributed by atoms with Gasteiger partial charge in [-0.05, 0) is 73.1 Å². The Balaban J connectivity index is 2.25. The molecule has 0 amide bonds. The minimum Gasteiger partial charge on any atom is -0.232 e. The Morgan fingerprint density at radius 1 is 1.05 bits per heavy atom. The second-order valence-corrected chi connectivity index (χ2v) is 5.33. The molecule has 2 aliphatic rings. The van der Waals surface area contributed by atoms with Crippen LogP contribution in [0.2, 0.25) is 0 Å². The molecule has 102 valence electrons. The third-order valence-electron chi connectivity index (χ3n) is 4.13. The summed E-state index contributed by atoms with van der Waals surface area (Å²) in [5, 5.41) is 0. The minimum atomic E-state index is 0.440.